The first kappa shape index (κ1) is 15.4. The van der Waals surface area contributed by atoms with E-state index in [1.807, 2.05) is 0 Å². The molecule has 1 aromatic heterocycles. The molecule has 10 heteroatoms. The molecule has 0 spiro atoms. The molecule has 0 radical (unpaired) electrons. The number of hydrogen-bond donors (Lipinski definition) is 2. The van der Waals surface area contributed by atoms with Gasteiger partial charge in [0, 0.05) is 17.5 Å². The Morgan fingerprint density at radius 3 is 2.64 bits per heavy atom. The number of anilines is 1. The highest BCUT2D eigenvalue weighted by molar-refractivity contribution is 7.13. The van der Waals surface area contributed by atoms with E-state index in [0.717, 1.165) is 11.3 Å². The third-order valence-electron chi connectivity index (χ3n) is 2.58. The number of thiazole rings is 1. The standard InChI is InChI=1S/C12H10N4O5S/c13-12-14-9(6-22-12)10(15-18)11(17)21-5-7-1-3-8(4-2-7)16(19)20/h1-4,6,18H,5H2,(H2,13,14)/b15-10-. The van der Waals surface area contributed by atoms with E-state index >= 15 is 0 Å². The van der Waals surface area contributed by atoms with Crippen LogP contribution < -0.4 is 5.73 Å². The van der Waals surface area contributed by atoms with Crippen molar-refractivity contribution in [3.8, 4) is 0 Å². The van der Waals surface area contributed by atoms with Gasteiger partial charge in [-0.05, 0) is 17.7 Å². The van der Waals surface area contributed by atoms with Gasteiger partial charge in [-0.3, -0.25) is 10.1 Å². The van der Waals surface area contributed by atoms with Crippen LogP contribution in [0, 0.1) is 10.1 Å². The van der Waals surface area contributed by atoms with E-state index in [9.17, 15) is 14.9 Å². The number of aromatic nitrogens is 1. The average molecular weight is 322 g/mol. The highest BCUT2D eigenvalue weighted by Crippen LogP contribution is 2.15. The number of nitro benzene ring substituents is 1. The predicted octanol–water partition coefficient (Wildman–Crippen LogP) is 1.56. The number of hydrogen-bond acceptors (Lipinski definition) is 9. The predicted molar refractivity (Wildman–Crippen MR) is 77.7 cm³/mol. The van der Waals surface area contributed by atoms with Gasteiger partial charge >= 0.3 is 5.97 Å². The molecule has 0 aliphatic rings. The van der Waals surface area contributed by atoms with Gasteiger partial charge in [0.2, 0.25) is 5.71 Å². The molecular weight excluding hydrogens is 312 g/mol. The minimum atomic E-state index is -0.883. The number of benzene rings is 1. The second-order valence-corrected chi connectivity index (χ2v) is 4.91. The maximum Gasteiger partial charge on any atom is 0.363 e. The second-order valence-electron chi connectivity index (χ2n) is 4.02. The number of carbonyl (C=O) groups is 1. The van der Waals surface area contributed by atoms with Gasteiger partial charge in [0.1, 0.15) is 12.3 Å². The number of oxime groups is 1. The molecule has 0 aliphatic carbocycles. The molecule has 1 aromatic carbocycles. The molecule has 114 valence electrons. The Hall–Kier alpha value is -3.01. The number of carbonyl (C=O) groups excluding carboxylic acids is 1. The van der Waals surface area contributed by atoms with Crippen LogP contribution in [0.1, 0.15) is 11.3 Å². The maximum absolute atomic E-state index is 11.8. The van der Waals surface area contributed by atoms with Crippen molar-refractivity contribution in [2.24, 2.45) is 5.16 Å². The van der Waals surface area contributed by atoms with E-state index < -0.39 is 10.9 Å². The van der Waals surface area contributed by atoms with Crippen LogP contribution in [-0.2, 0) is 16.1 Å². The Morgan fingerprint density at radius 1 is 1.45 bits per heavy atom. The summed E-state index contributed by atoms with van der Waals surface area (Å²) in [6, 6.07) is 5.51. The zero-order chi connectivity index (χ0) is 16.1. The first-order valence-corrected chi connectivity index (χ1v) is 6.73. The van der Waals surface area contributed by atoms with E-state index in [4.69, 9.17) is 15.7 Å². The highest BCUT2D eigenvalue weighted by Gasteiger charge is 2.19. The minimum absolute atomic E-state index is 0.0642. The van der Waals surface area contributed by atoms with E-state index in [2.05, 4.69) is 10.1 Å². The van der Waals surface area contributed by atoms with Gasteiger partial charge < -0.3 is 15.7 Å². The second kappa shape index (κ2) is 6.63. The fourth-order valence-corrected chi connectivity index (χ4v) is 2.07. The number of nitrogens with zero attached hydrogens (tertiary/aromatic N) is 3. The van der Waals surface area contributed by atoms with Gasteiger partial charge in [0.05, 0.1) is 4.92 Å². The average Bonchev–Trinajstić information content (AvgIpc) is 2.92. The Bertz CT molecular complexity index is 725. The number of esters is 1. The van der Waals surface area contributed by atoms with Crippen molar-refractivity contribution in [1.29, 1.82) is 0 Å². The van der Waals surface area contributed by atoms with Crippen molar-refractivity contribution in [3.63, 3.8) is 0 Å². The lowest BCUT2D eigenvalue weighted by Gasteiger charge is -2.04. The van der Waals surface area contributed by atoms with Gasteiger partial charge in [-0.15, -0.1) is 11.3 Å². The zero-order valence-electron chi connectivity index (χ0n) is 11.0. The maximum atomic E-state index is 11.8. The lowest BCUT2D eigenvalue weighted by Crippen LogP contribution is -2.19. The highest BCUT2D eigenvalue weighted by atomic mass is 32.1. The number of non-ortho nitro benzene ring substituents is 1. The molecule has 1 heterocycles. The summed E-state index contributed by atoms with van der Waals surface area (Å²) < 4.78 is 4.97. The van der Waals surface area contributed by atoms with Crippen molar-refractivity contribution < 1.29 is 19.7 Å². The number of rotatable bonds is 5. The molecule has 0 aliphatic heterocycles. The summed E-state index contributed by atoms with van der Waals surface area (Å²) >= 11 is 1.09. The number of nitrogens with two attached hydrogens (primary N) is 1. The molecule has 0 saturated heterocycles. The van der Waals surface area contributed by atoms with Crippen molar-refractivity contribution in [2.45, 2.75) is 6.61 Å². The topological polar surface area (TPSA) is 141 Å². The Balaban J connectivity index is 2.01. The summed E-state index contributed by atoms with van der Waals surface area (Å²) in [5.74, 6) is -0.883. The molecule has 0 fully saturated rings. The van der Waals surface area contributed by atoms with Crippen molar-refractivity contribution in [1.82, 2.24) is 4.98 Å². The first-order valence-electron chi connectivity index (χ1n) is 5.85. The van der Waals surface area contributed by atoms with Gasteiger partial charge in [-0.1, -0.05) is 5.16 Å². The quantitative estimate of drug-likeness (QED) is 0.280. The van der Waals surface area contributed by atoms with Gasteiger partial charge in [0.15, 0.2) is 5.13 Å². The summed E-state index contributed by atoms with van der Waals surface area (Å²) in [4.78, 5) is 25.7. The Kier molecular flexibility index (Phi) is 4.63. The molecule has 0 bridgehead atoms. The SMILES string of the molecule is Nc1nc(/C(=N/O)C(=O)OCc2ccc([N+](=O)[O-])cc2)cs1. The zero-order valence-corrected chi connectivity index (χ0v) is 11.8. The number of nitrogen functional groups attached to an aromatic ring is 1. The normalized spacial score (nSPS) is 11.2. The van der Waals surface area contributed by atoms with Crippen molar-refractivity contribution in [2.75, 3.05) is 5.73 Å². The summed E-state index contributed by atoms with van der Waals surface area (Å²) in [5.41, 5.74) is 5.67. The summed E-state index contributed by atoms with van der Waals surface area (Å²) in [6.45, 7) is -0.129. The molecule has 0 unspecified atom stereocenters. The minimum Gasteiger partial charge on any atom is -0.456 e. The van der Waals surface area contributed by atoms with E-state index in [0.29, 0.717) is 5.56 Å². The summed E-state index contributed by atoms with van der Waals surface area (Å²) in [5, 5.41) is 24.0. The fraction of sp³-hybridized carbons (Fsp3) is 0.0833. The molecule has 9 nitrogen and oxygen atoms in total. The van der Waals surface area contributed by atoms with Crippen LogP contribution in [0.15, 0.2) is 34.8 Å². The monoisotopic (exact) mass is 322 g/mol. The van der Waals surface area contributed by atoms with E-state index in [1.54, 1.807) is 0 Å². The summed E-state index contributed by atoms with van der Waals surface area (Å²) in [7, 11) is 0. The Labute approximate surface area is 127 Å². The third kappa shape index (κ3) is 3.55. The molecule has 2 rings (SSSR count). The van der Waals surface area contributed by atoms with Crippen molar-refractivity contribution >= 4 is 33.8 Å². The van der Waals surface area contributed by atoms with Crippen LogP contribution in [0.5, 0.6) is 0 Å². The lowest BCUT2D eigenvalue weighted by atomic mass is 10.2. The summed E-state index contributed by atoms with van der Waals surface area (Å²) in [6.07, 6.45) is 0. The first-order chi connectivity index (χ1) is 10.5. The van der Waals surface area contributed by atoms with Crippen LogP contribution in [0.2, 0.25) is 0 Å². The van der Waals surface area contributed by atoms with Crippen LogP contribution in [0.25, 0.3) is 0 Å². The number of ether oxygens (including phenoxy) is 1. The fourth-order valence-electron chi connectivity index (χ4n) is 1.52. The molecule has 0 atom stereocenters. The van der Waals surface area contributed by atoms with E-state index in [-0.39, 0.29) is 28.8 Å². The lowest BCUT2D eigenvalue weighted by molar-refractivity contribution is -0.384. The van der Waals surface area contributed by atoms with Crippen LogP contribution in [-0.4, -0.2) is 26.8 Å². The van der Waals surface area contributed by atoms with E-state index in [1.165, 1.54) is 29.6 Å². The smallest absolute Gasteiger partial charge is 0.363 e. The Morgan fingerprint density at radius 2 is 2.14 bits per heavy atom. The molecule has 22 heavy (non-hydrogen) atoms. The molecule has 3 N–H and O–H groups in total. The van der Waals surface area contributed by atoms with Crippen LogP contribution in [0.3, 0.4) is 0 Å². The molecule has 0 saturated carbocycles. The number of nitro groups is 1. The van der Waals surface area contributed by atoms with Gasteiger partial charge in [-0.2, -0.15) is 0 Å². The van der Waals surface area contributed by atoms with Crippen LogP contribution >= 0.6 is 11.3 Å². The van der Waals surface area contributed by atoms with Crippen LogP contribution in [0.4, 0.5) is 10.8 Å². The van der Waals surface area contributed by atoms with Gasteiger partial charge in [0.25, 0.3) is 5.69 Å². The third-order valence-corrected chi connectivity index (χ3v) is 3.25. The largest absolute Gasteiger partial charge is 0.456 e. The molecule has 2 aromatic rings. The van der Waals surface area contributed by atoms with Gasteiger partial charge in [-0.25, -0.2) is 9.78 Å². The molecular formula is C12H10N4O5S. The van der Waals surface area contributed by atoms with Crippen molar-refractivity contribution in [3.05, 3.63) is 51.0 Å². The molecule has 0 amide bonds.